The molecule has 3 aromatic carbocycles. The van der Waals surface area contributed by atoms with Crippen LogP contribution < -0.4 is 9.64 Å². The summed E-state index contributed by atoms with van der Waals surface area (Å²) in [5.74, 6) is 0.584. The average molecular weight is 593 g/mol. The molecule has 0 aliphatic carbocycles. The van der Waals surface area contributed by atoms with Crippen LogP contribution in [0, 0.1) is 0 Å². The van der Waals surface area contributed by atoms with Crippen molar-refractivity contribution in [3.63, 3.8) is 0 Å². The van der Waals surface area contributed by atoms with Crippen molar-refractivity contribution < 1.29 is 28.8 Å². The molecular weight excluding hydrogens is 552 g/mol. The van der Waals surface area contributed by atoms with Gasteiger partial charge in [-0.3, -0.25) is 0 Å². The quantitative estimate of drug-likeness (QED) is 0.237. The molecule has 42 heavy (non-hydrogen) atoms. The molecule has 1 fully saturated rings. The Labute approximate surface area is 252 Å². The van der Waals surface area contributed by atoms with Crippen molar-refractivity contribution in [2.75, 3.05) is 57.7 Å². The number of aliphatic hydroxyl groups excluding tert-OH is 1. The minimum atomic E-state index is -0.804. The van der Waals surface area contributed by atoms with E-state index in [1.807, 2.05) is 60.9 Å². The van der Waals surface area contributed by atoms with E-state index in [0.717, 1.165) is 52.5 Å². The van der Waals surface area contributed by atoms with Gasteiger partial charge in [-0.1, -0.05) is 48.5 Å². The first-order valence-electron chi connectivity index (χ1n) is 14.4. The van der Waals surface area contributed by atoms with E-state index in [1.54, 1.807) is 23.8 Å². The third kappa shape index (κ3) is 7.58. The second-order valence-corrected chi connectivity index (χ2v) is 11.5. The Morgan fingerprint density at radius 3 is 2.60 bits per heavy atom. The third-order valence-electron chi connectivity index (χ3n) is 7.81. The molecule has 0 spiro atoms. The predicted molar refractivity (Wildman–Crippen MR) is 164 cm³/mol. The van der Waals surface area contributed by atoms with Crippen LogP contribution in [0.15, 0.2) is 77.7 Å². The molecule has 3 atom stereocenters. The number of likely N-dealkylation sites (tertiary alicyclic amines) is 1. The van der Waals surface area contributed by atoms with E-state index in [-0.39, 0.29) is 19.1 Å². The van der Waals surface area contributed by atoms with Crippen molar-refractivity contribution >= 4 is 23.5 Å². The number of β-amino-alcohol motifs (C(OH)–C–C–N with tert-alkyl or cyclic N) is 1. The fourth-order valence-corrected chi connectivity index (χ4v) is 6.02. The normalized spacial score (nSPS) is 20.1. The van der Waals surface area contributed by atoms with E-state index in [2.05, 4.69) is 23.1 Å². The van der Waals surface area contributed by atoms with E-state index in [0.29, 0.717) is 26.4 Å². The van der Waals surface area contributed by atoms with Gasteiger partial charge in [0.25, 0.3) is 0 Å². The van der Waals surface area contributed by atoms with E-state index in [9.17, 15) is 9.90 Å². The molecule has 1 saturated heterocycles. The summed E-state index contributed by atoms with van der Waals surface area (Å²) in [4.78, 5) is 18.1. The Kier molecular flexibility index (Phi) is 10.6. The number of benzene rings is 3. The lowest BCUT2D eigenvalue weighted by molar-refractivity contribution is -0.0692. The number of amides is 1. The van der Waals surface area contributed by atoms with Crippen LogP contribution >= 0.6 is 11.8 Å². The molecule has 0 unspecified atom stereocenters. The molecule has 2 aliphatic heterocycles. The van der Waals surface area contributed by atoms with Gasteiger partial charge in [-0.25, -0.2) is 4.79 Å². The lowest BCUT2D eigenvalue weighted by Crippen LogP contribution is -2.53. The summed E-state index contributed by atoms with van der Waals surface area (Å²) in [6.45, 7) is 4.08. The number of fused-ring (bicyclic) bond motifs is 1. The maximum absolute atomic E-state index is 13.1. The van der Waals surface area contributed by atoms with Crippen LogP contribution in [-0.2, 0) is 27.4 Å². The van der Waals surface area contributed by atoms with Gasteiger partial charge in [0, 0.05) is 31.1 Å². The van der Waals surface area contributed by atoms with Gasteiger partial charge in [0.15, 0.2) is 0 Å². The Morgan fingerprint density at radius 2 is 1.83 bits per heavy atom. The molecule has 1 amide bonds. The van der Waals surface area contributed by atoms with E-state index < -0.39 is 18.3 Å². The zero-order chi connectivity index (χ0) is 29.3. The van der Waals surface area contributed by atoms with Gasteiger partial charge in [0.1, 0.15) is 19.0 Å². The second-order valence-electron chi connectivity index (χ2n) is 10.6. The zero-order valence-corrected chi connectivity index (χ0v) is 25.1. The molecule has 5 rings (SSSR count). The molecule has 0 radical (unpaired) electrons. The summed E-state index contributed by atoms with van der Waals surface area (Å²) in [7, 11) is 1.72. The fourth-order valence-electron chi connectivity index (χ4n) is 5.61. The van der Waals surface area contributed by atoms with Crippen LogP contribution in [0.5, 0.6) is 5.75 Å². The number of thioether (sulfide) groups is 1. The summed E-state index contributed by atoms with van der Waals surface area (Å²) in [5, 5.41) is 11.3. The lowest BCUT2D eigenvalue weighted by Gasteiger charge is -2.41. The number of hydrogen-bond donors (Lipinski definition) is 1. The first-order valence-corrected chi connectivity index (χ1v) is 15.7. The number of piperidine rings is 1. The Balaban J connectivity index is 1.31. The van der Waals surface area contributed by atoms with Crippen molar-refractivity contribution in [3.8, 4) is 5.75 Å². The number of anilines is 1. The van der Waals surface area contributed by atoms with Crippen molar-refractivity contribution in [1.29, 1.82) is 0 Å². The maximum atomic E-state index is 13.1. The van der Waals surface area contributed by atoms with E-state index in [1.165, 1.54) is 0 Å². The van der Waals surface area contributed by atoms with Crippen molar-refractivity contribution in [2.24, 2.45) is 0 Å². The number of carbonyl (C=O) groups is 1. The van der Waals surface area contributed by atoms with Crippen molar-refractivity contribution in [3.05, 3.63) is 89.5 Å². The number of aliphatic hydroxyl groups is 1. The summed E-state index contributed by atoms with van der Waals surface area (Å²) < 4.78 is 23.3. The standard InChI is InChI=1S/C33H40N2O6S/c1-38-17-6-15-34-16-18-39-30-14-9-25(19-28(30)34)23-40-31-21-35(33(37)41-22-24-7-4-3-5-8-24)20-29(36)32(31)26-10-12-27(42-2)13-11-26/h3-5,7-14,19,29,31-32,36H,6,15-18,20-23H2,1-2H3/t29-,31+,32+/m1/s1. The minimum absolute atomic E-state index is 0.176. The predicted octanol–water partition coefficient (Wildman–Crippen LogP) is 5.33. The highest BCUT2D eigenvalue weighted by molar-refractivity contribution is 7.98. The number of methoxy groups -OCH3 is 1. The lowest BCUT2D eigenvalue weighted by atomic mass is 9.84. The SMILES string of the molecule is COCCCN1CCOc2ccc(CO[C@H]3CN(C(=O)OCc4ccccc4)C[C@@H](O)[C@@H]3c3ccc(SC)cc3)cc21. The average Bonchev–Trinajstić information content (AvgIpc) is 3.03. The molecule has 0 saturated carbocycles. The molecule has 2 heterocycles. The van der Waals surface area contributed by atoms with Gasteiger partial charge in [0.2, 0.25) is 0 Å². The summed E-state index contributed by atoms with van der Waals surface area (Å²) >= 11 is 1.67. The highest BCUT2D eigenvalue weighted by Gasteiger charge is 2.40. The van der Waals surface area contributed by atoms with Crippen LogP contribution in [-0.4, -0.2) is 81.1 Å². The second kappa shape index (κ2) is 14.8. The molecule has 1 N–H and O–H groups in total. The van der Waals surface area contributed by atoms with Crippen molar-refractivity contribution in [1.82, 2.24) is 4.90 Å². The first-order chi connectivity index (χ1) is 20.6. The number of carbonyl (C=O) groups excluding carboxylic acids is 1. The molecular formula is C33H40N2O6S. The van der Waals surface area contributed by atoms with Gasteiger partial charge in [-0.05, 0) is 53.6 Å². The molecule has 3 aromatic rings. The maximum Gasteiger partial charge on any atom is 0.410 e. The highest BCUT2D eigenvalue weighted by Crippen LogP contribution is 2.35. The zero-order valence-electron chi connectivity index (χ0n) is 24.3. The summed E-state index contributed by atoms with van der Waals surface area (Å²) in [6, 6.07) is 23.9. The Morgan fingerprint density at radius 1 is 1.02 bits per heavy atom. The molecule has 9 heteroatoms. The number of rotatable bonds is 11. The van der Waals surface area contributed by atoms with Crippen LogP contribution in [0.25, 0.3) is 0 Å². The monoisotopic (exact) mass is 592 g/mol. The van der Waals surface area contributed by atoms with Gasteiger partial charge in [0.05, 0.1) is 44.1 Å². The van der Waals surface area contributed by atoms with Gasteiger partial charge in [-0.15, -0.1) is 11.8 Å². The fraction of sp³-hybridized carbons (Fsp3) is 0.424. The topological polar surface area (TPSA) is 80.7 Å². The minimum Gasteiger partial charge on any atom is -0.490 e. The molecule has 224 valence electrons. The molecule has 0 aromatic heterocycles. The number of nitrogens with zero attached hydrogens (tertiary/aromatic N) is 2. The van der Waals surface area contributed by atoms with Crippen LogP contribution in [0.2, 0.25) is 0 Å². The van der Waals surface area contributed by atoms with Gasteiger partial charge >= 0.3 is 6.09 Å². The number of ether oxygens (including phenoxy) is 4. The summed E-state index contributed by atoms with van der Waals surface area (Å²) in [6.07, 6.45) is 1.28. The highest BCUT2D eigenvalue weighted by atomic mass is 32.2. The van der Waals surface area contributed by atoms with Crippen LogP contribution in [0.4, 0.5) is 10.5 Å². The molecule has 0 bridgehead atoms. The summed E-state index contributed by atoms with van der Waals surface area (Å²) in [5.41, 5.74) is 3.96. The van der Waals surface area contributed by atoms with E-state index >= 15 is 0 Å². The molecule has 8 nitrogen and oxygen atoms in total. The van der Waals surface area contributed by atoms with Crippen molar-refractivity contribution in [2.45, 2.75) is 42.7 Å². The smallest absolute Gasteiger partial charge is 0.410 e. The van der Waals surface area contributed by atoms with Gasteiger partial charge < -0.3 is 33.9 Å². The third-order valence-corrected chi connectivity index (χ3v) is 8.55. The first kappa shape index (κ1) is 30.2. The van der Waals surface area contributed by atoms with Crippen LogP contribution in [0.3, 0.4) is 0 Å². The van der Waals surface area contributed by atoms with E-state index in [4.69, 9.17) is 18.9 Å². The Bertz CT molecular complexity index is 1290. The Hall–Kier alpha value is -3.24. The van der Waals surface area contributed by atoms with Gasteiger partial charge in [-0.2, -0.15) is 0 Å². The number of hydrogen-bond acceptors (Lipinski definition) is 8. The largest absolute Gasteiger partial charge is 0.490 e. The van der Waals surface area contributed by atoms with Crippen LogP contribution in [0.1, 0.15) is 29.0 Å². The molecule has 2 aliphatic rings.